The maximum absolute atomic E-state index is 2.59. The van der Waals surface area contributed by atoms with Crippen LogP contribution in [0.2, 0.25) is 6.04 Å². The second kappa shape index (κ2) is 1.15. The van der Waals surface area contributed by atoms with Gasteiger partial charge in [-0.2, -0.15) is 0 Å². The molecule has 1 fully saturated rings. The molecule has 8 heavy (non-hydrogen) atoms. The zero-order valence-electron chi connectivity index (χ0n) is 5.52. The lowest BCUT2D eigenvalue weighted by molar-refractivity contribution is 0.574. The first kappa shape index (κ1) is 4.92. The average molecular weight is 124 g/mol. The monoisotopic (exact) mass is 124 g/mol. The summed E-state index contributed by atoms with van der Waals surface area (Å²) in [6.07, 6.45) is 0. The van der Waals surface area contributed by atoms with Crippen molar-refractivity contribution in [2.45, 2.75) is 19.9 Å². The van der Waals surface area contributed by atoms with Crippen LogP contribution in [0.1, 0.15) is 13.8 Å². The Hall–Kier alpha value is 0.0869. The highest BCUT2D eigenvalue weighted by Gasteiger charge is 2.56. The van der Waals surface area contributed by atoms with Gasteiger partial charge in [-0.3, -0.25) is 0 Å². The van der Waals surface area contributed by atoms with Crippen molar-refractivity contribution in [3.05, 3.63) is 0 Å². The molecule has 2 atom stereocenters. The fourth-order valence-electron chi connectivity index (χ4n) is 1.99. The second-order valence-electron chi connectivity index (χ2n) is 3.62. The van der Waals surface area contributed by atoms with Gasteiger partial charge in [0.05, 0.1) is 0 Å². The van der Waals surface area contributed by atoms with Gasteiger partial charge in [-0.15, -0.1) is 5.67 Å². The standard InChI is InChI=1S/C7H12Si/c1-7(2)5-3-8-4-6(5)7/h3,5-6,8H,4H2,1-2H3/t5-,6+/m1/s1. The summed E-state index contributed by atoms with van der Waals surface area (Å²) in [5.74, 6) is 2.15. The van der Waals surface area contributed by atoms with Crippen LogP contribution >= 0.6 is 0 Å². The van der Waals surface area contributed by atoms with Crippen molar-refractivity contribution in [2.75, 3.05) is 0 Å². The second-order valence-corrected chi connectivity index (χ2v) is 4.95. The first-order chi connectivity index (χ1) is 3.73. The van der Waals surface area contributed by atoms with Gasteiger partial charge in [-0.05, 0) is 32.4 Å². The van der Waals surface area contributed by atoms with Crippen molar-refractivity contribution in [3.8, 4) is 0 Å². The molecular formula is C7H12Si. The summed E-state index contributed by atoms with van der Waals surface area (Å²) in [4.78, 5) is 0. The van der Waals surface area contributed by atoms with Gasteiger partial charge in [0.15, 0.2) is 0 Å². The molecule has 0 aromatic carbocycles. The molecule has 0 unspecified atom stereocenters. The van der Waals surface area contributed by atoms with Crippen LogP contribution in [0.15, 0.2) is 0 Å². The van der Waals surface area contributed by atoms with Gasteiger partial charge in [-0.25, -0.2) is 0 Å². The molecule has 1 saturated carbocycles. The fourth-order valence-corrected chi connectivity index (χ4v) is 4.40. The number of hydrogen-bond donors (Lipinski definition) is 0. The van der Waals surface area contributed by atoms with Gasteiger partial charge >= 0.3 is 0 Å². The number of hydrogen-bond acceptors (Lipinski definition) is 0. The predicted octanol–water partition coefficient (Wildman–Crippen LogP) is 0.929. The summed E-state index contributed by atoms with van der Waals surface area (Å²) in [5, 5.41) is 0. The first-order valence-corrected chi connectivity index (χ1v) is 4.88. The van der Waals surface area contributed by atoms with E-state index < -0.39 is 0 Å². The Kier molecular flexibility index (Phi) is 0.709. The molecule has 1 heterocycles. The number of fused-ring (bicyclic) bond motifs is 1. The third-order valence-corrected chi connectivity index (χ3v) is 4.34. The molecule has 0 aromatic rings. The van der Waals surface area contributed by atoms with Crippen LogP contribution in [0.3, 0.4) is 0 Å². The molecule has 44 valence electrons. The quantitative estimate of drug-likeness (QED) is 0.421. The molecule has 0 nitrogen and oxygen atoms in total. The van der Waals surface area contributed by atoms with E-state index in [9.17, 15) is 0 Å². The van der Waals surface area contributed by atoms with Crippen LogP contribution in [0.5, 0.6) is 0 Å². The van der Waals surface area contributed by atoms with Crippen LogP contribution in [-0.4, -0.2) is 14.8 Å². The maximum atomic E-state index is 2.59. The van der Waals surface area contributed by atoms with E-state index in [1.54, 1.807) is 6.04 Å². The molecule has 0 spiro atoms. The van der Waals surface area contributed by atoms with Crippen molar-refractivity contribution >= 4 is 14.8 Å². The summed E-state index contributed by atoms with van der Waals surface area (Å²) in [7, 11) is 0.766. The van der Waals surface area contributed by atoms with E-state index in [-0.39, 0.29) is 0 Å². The molecule has 1 heteroatoms. The van der Waals surface area contributed by atoms with Gasteiger partial charge in [0.2, 0.25) is 0 Å². The van der Waals surface area contributed by atoms with Gasteiger partial charge in [0.1, 0.15) is 0 Å². The number of rotatable bonds is 0. The Labute approximate surface area is 52.7 Å². The Morgan fingerprint density at radius 2 is 2.38 bits per heavy atom. The summed E-state index contributed by atoms with van der Waals surface area (Å²) < 4.78 is 0. The van der Waals surface area contributed by atoms with Gasteiger partial charge in [-0.1, -0.05) is 13.8 Å². The molecule has 0 saturated heterocycles. The Balaban J connectivity index is 2.24. The Morgan fingerprint density at radius 1 is 1.62 bits per heavy atom. The summed E-state index contributed by atoms with van der Waals surface area (Å²) >= 11 is 0. The van der Waals surface area contributed by atoms with Crippen molar-refractivity contribution in [1.82, 2.24) is 0 Å². The molecule has 1 aliphatic heterocycles. The minimum Gasteiger partial charge on any atom is -0.102 e. The highest BCUT2D eigenvalue weighted by molar-refractivity contribution is 6.50. The maximum Gasteiger partial charge on any atom is -0.0113 e. The molecule has 0 radical (unpaired) electrons. The molecule has 0 amide bonds. The third-order valence-electron chi connectivity index (χ3n) is 2.87. The molecule has 2 aliphatic rings. The van der Waals surface area contributed by atoms with Gasteiger partial charge in [0.25, 0.3) is 0 Å². The average Bonchev–Trinajstić information content (AvgIpc) is 2.22. The minimum atomic E-state index is 0.727. The Morgan fingerprint density at radius 3 is 2.62 bits per heavy atom. The van der Waals surface area contributed by atoms with Crippen LogP contribution in [0, 0.1) is 17.3 Å². The minimum absolute atomic E-state index is 0.727. The molecule has 1 aliphatic carbocycles. The van der Waals surface area contributed by atoms with Crippen molar-refractivity contribution in [3.63, 3.8) is 0 Å². The van der Waals surface area contributed by atoms with E-state index >= 15 is 0 Å². The zero-order valence-corrected chi connectivity index (χ0v) is 6.67. The van der Waals surface area contributed by atoms with E-state index in [0.29, 0.717) is 0 Å². The normalized spacial score (nSPS) is 46.8. The van der Waals surface area contributed by atoms with E-state index in [4.69, 9.17) is 0 Å². The van der Waals surface area contributed by atoms with Crippen LogP contribution in [0.25, 0.3) is 0 Å². The van der Waals surface area contributed by atoms with E-state index in [2.05, 4.69) is 19.5 Å². The van der Waals surface area contributed by atoms with E-state index in [0.717, 1.165) is 26.4 Å². The van der Waals surface area contributed by atoms with Gasteiger partial charge in [0, 0.05) is 0 Å². The van der Waals surface area contributed by atoms with Crippen LogP contribution in [0.4, 0.5) is 0 Å². The summed E-state index contributed by atoms with van der Waals surface area (Å²) in [6.45, 7) is 4.80. The molecule has 0 N–H and O–H groups in total. The highest BCUT2D eigenvalue weighted by Crippen LogP contribution is 2.60. The molecule has 0 aromatic heterocycles. The lowest BCUT2D eigenvalue weighted by Gasteiger charge is -2.00. The van der Waals surface area contributed by atoms with Crippen molar-refractivity contribution in [1.29, 1.82) is 0 Å². The SMILES string of the molecule is CC1(C)[C@@H]2C=[SiH]C[C@@H]21. The largest absolute Gasteiger partial charge is 0.102 e. The van der Waals surface area contributed by atoms with Crippen molar-refractivity contribution in [2.24, 2.45) is 17.3 Å². The summed E-state index contributed by atoms with van der Waals surface area (Å²) in [6, 6.07) is 1.55. The first-order valence-electron chi connectivity index (χ1n) is 3.39. The van der Waals surface area contributed by atoms with Gasteiger partial charge < -0.3 is 0 Å². The predicted molar refractivity (Wildman–Crippen MR) is 38.8 cm³/mol. The summed E-state index contributed by atoms with van der Waals surface area (Å²) in [5.41, 5.74) is 3.32. The molecule has 2 rings (SSSR count). The zero-order chi connectivity index (χ0) is 5.78. The topological polar surface area (TPSA) is 0 Å². The van der Waals surface area contributed by atoms with E-state index in [1.807, 2.05) is 0 Å². The van der Waals surface area contributed by atoms with Crippen molar-refractivity contribution < 1.29 is 0 Å². The van der Waals surface area contributed by atoms with Crippen LogP contribution in [-0.2, 0) is 0 Å². The lowest BCUT2D eigenvalue weighted by atomic mass is 10.1. The smallest absolute Gasteiger partial charge is 0.0113 e. The lowest BCUT2D eigenvalue weighted by Crippen LogP contribution is -1.96. The molecular weight excluding hydrogens is 112 g/mol. The third kappa shape index (κ3) is 0.390. The Bertz CT molecular complexity index is 146. The molecule has 0 bridgehead atoms. The fraction of sp³-hybridized carbons (Fsp3) is 0.857. The highest BCUT2D eigenvalue weighted by atomic mass is 28.2. The van der Waals surface area contributed by atoms with Crippen LogP contribution < -0.4 is 0 Å². The van der Waals surface area contributed by atoms with E-state index in [1.165, 1.54) is 0 Å².